The van der Waals surface area contributed by atoms with Gasteiger partial charge in [-0.1, -0.05) is 226 Å². The number of aromatic nitrogens is 2. The molecule has 1 aliphatic rings. The minimum atomic E-state index is -1.92. The maximum absolute atomic E-state index is 14.4. The molecule has 7 aromatic carbocycles. The van der Waals surface area contributed by atoms with Crippen molar-refractivity contribution in [2.75, 3.05) is 13.2 Å². The first-order valence-electron chi connectivity index (χ1n) is 35.0. The van der Waals surface area contributed by atoms with E-state index in [0.29, 0.717) is 51.0 Å². The Kier molecular flexibility index (Phi) is 19.0. The predicted octanol–water partition coefficient (Wildman–Crippen LogP) is 24.8. The average Bonchev–Trinajstić information content (AvgIpc) is 1.64. The normalized spacial score (nSPS) is 16.6. The molecule has 0 aliphatic heterocycles. The fourth-order valence-corrected chi connectivity index (χ4v) is 15.9. The van der Waals surface area contributed by atoms with Crippen LogP contribution in [0, 0.1) is 16.2 Å². The lowest BCUT2D eigenvalue weighted by Gasteiger charge is -2.44. The van der Waals surface area contributed by atoms with Crippen molar-refractivity contribution in [1.82, 2.24) is 9.13 Å². The number of halogens is 2. The monoisotopic (exact) mass is 1320 g/mol. The van der Waals surface area contributed by atoms with E-state index in [0.717, 1.165) is 90.7 Å². The van der Waals surface area contributed by atoms with Crippen LogP contribution < -0.4 is 4.74 Å². The molecule has 8 heteroatoms. The number of hydrogen-bond donors (Lipinski definition) is 2. The van der Waals surface area contributed by atoms with Crippen LogP contribution in [-0.2, 0) is 44.7 Å². The van der Waals surface area contributed by atoms with E-state index in [2.05, 4.69) is 278 Å². The lowest BCUT2D eigenvalue weighted by Crippen LogP contribution is -2.45. The lowest BCUT2D eigenvalue weighted by molar-refractivity contribution is -0.179. The molecule has 1 aliphatic carbocycles. The number of fused-ring (bicyclic) bond motifs is 6. The summed E-state index contributed by atoms with van der Waals surface area (Å²) in [6.07, 6.45) is 8.08. The van der Waals surface area contributed by atoms with E-state index >= 15 is 0 Å². The number of phenolic OH excluding ortho intramolecular Hbond substituents is 1. The van der Waals surface area contributed by atoms with Crippen LogP contribution >= 0.6 is 23.2 Å². The van der Waals surface area contributed by atoms with Crippen LogP contribution in [0.3, 0.4) is 0 Å². The summed E-state index contributed by atoms with van der Waals surface area (Å²) in [4.78, 5) is 0. The first-order chi connectivity index (χ1) is 43.8. The minimum absolute atomic E-state index is 0.00276. The third-order valence-corrected chi connectivity index (χ3v) is 20.3. The number of hydrogen-bond acceptors (Lipinski definition) is 4. The van der Waals surface area contributed by atoms with Gasteiger partial charge >= 0.3 is 0 Å². The van der Waals surface area contributed by atoms with Gasteiger partial charge < -0.3 is 28.8 Å². The van der Waals surface area contributed by atoms with Gasteiger partial charge in [-0.15, -0.1) is 0 Å². The van der Waals surface area contributed by atoms with E-state index < -0.39 is 11.8 Å². The zero-order valence-electron chi connectivity index (χ0n) is 62.0. The zero-order chi connectivity index (χ0) is 69.9. The molecule has 0 amide bonds. The number of aryl methyl sites for hydroxylation is 2. The van der Waals surface area contributed by atoms with Gasteiger partial charge in [0.15, 0.2) is 0 Å². The number of nitrogens with zero attached hydrogens (tertiary/aromatic N) is 2. The Hall–Kier alpha value is -6.28. The molecule has 0 saturated carbocycles. The minimum Gasteiger partial charge on any atom is -0.505 e. The third-order valence-electron chi connectivity index (χ3n) is 19.9. The Morgan fingerprint density at radius 3 is 1.41 bits per heavy atom. The van der Waals surface area contributed by atoms with Crippen molar-refractivity contribution in [1.29, 1.82) is 0 Å². The van der Waals surface area contributed by atoms with Gasteiger partial charge in [0.25, 0.3) is 0 Å². The maximum atomic E-state index is 14.4. The van der Waals surface area contributed by atoms with Crippen molar-refractivity contribution in [3.8, 4) is 28.3 Å². The van der Waals surface area contributed by atoms with Crippen LogP contribution in [0.25, 0.3) is 66.0 Å². The van der Waals surface area contributed by atoms with Gasteiger partial charge in [0.2, 0.25) is 5.79 Å². The summed E-state index contributed by atoms with van der Waals surface area (Å²) in [5.74, 6) is -1.13. The summed E-state index contributed by atoms with van der Waals surface area (Å²) >= 11 is 14.4. The molecule has 95 heavy (non-hydrogen) atoms. The highest BCUT2D eigenvalue weighted by molar-refractivity contribution is 6.31. The van der Waals surface area contributed by atoms with Gasteiger partial charge in [0, 0.05) is 65.7 Å². The highest BCUT2D eigenvalue weighted by atomic mass is 35.5. The molecular formula is C87H110Cl2N2O4. The molecule has 0 saturated heterocycles. The van der Waals surface area contributed by atoms with E-state index in [-0.39, 0.29) is 62.3 Å². The van der Waals surface area contributed by atoms with Crippen LogP contribution in [0.2, 0.25) is 10.0 Å². The summed E-state index contributed by atoms with van der Waals surface area (Å²) in [6.45, 7) is 54.9. The molecule has 0 spiro atoms. The fraction of sp³-hybridized carbons (Fsp3) is 0.471. The third kappa shape index (κ3) is 14.5. The molecule has 0 fully saturated rings. The number of benzene rings is 7. The van der Waals surface area contributed by atoms with Crippen molar-refractivity contribution in [2.24, 2.45) is 16.2 Å². The molecule has 2 N–H and O–H groups in total. The summed E-state index contributed by atoms with van der Waals surface area (Å²) < 4.78 is 19.2. The van der Waals surface area contributed by atoms with Gasteiger partial charge in [-0.3, -0.25) is 0 Å². The molecular weight excluding hydrogens is 1210 g/mol. The highest BCUT2D eigenvalue weighted by Crippen LogP contribution is 2.54. The van der Waals surface area contributed by atoms with Gasteiger partial charge in [-0.25, -0.2) is 0 Å². The Labute approximate surface area is 580 Å². The summed E-state index contributed by atoms with van der Waals surface area (Å²) in [5.41, 5.74) is 15.8. The number of allylic oxidation sites excluding steroid dienone is 2. The highest BCUT2D eigenvalue weighted by Gasteiger charge is 2.48. The smallest absolute Gasteiger partial charge is 0.218 e. The maximum Gasteiger partial charge on any atom is 0.218 e. The van der Waals surface area contributed by atoms with Crippen molar-refractivity contribution in [3.05, 3.63) is 188 Å². The number of rotatable bonds is 16. The van der Waals surface area contributed by atoms with Crippen molar-refractivity contribution >= 4 is 72.4 Å². The number of ether oxygens (including phenoxy) is 2. The lowest BCUT2D eigenvalue weighted by atomic mass is 9.68. The average molecular weight is 1320 g/mol. The molecule has 0 radical (unpaired) electrons. The van der Waals surface area contributed by atoms with Gasteiger partial charge in [-0.05, 0) is 210 Å². The van der Waals surface area contributed by atoms with Crippen molar-refractivity contribution < 1.29 is 19.7 Å². The van der Waals surface area contributed by atoms with Gasteiger partial charge in [0.1, 0.15) is 17.5 Å². The quantitative estimate of drug-likeness (QED) is 0.0747. The molecule has 2 heterocycles. The second-order valence-electron chi connectivity index (χ2n) is 35.6. The second kappa shape index (κ2) is 25.2. The fourth-order valence-electron chi connectivity index (χ4n) is 15.4. The Morgan fingerprint density at radius 2 is 0.947 bits per heavy atom. The number of aromatic hydroxyl groups is 1. The Morgan fingerprint density at radius 1 is 0.484 bits per heavy atom. The topological polar surface area (TPSA) is 68.8 Å². The van der Waals surface area contributed by atoms with E-state index in [1.165, 1.54) is 22.3 Å². The SMILES string of the molecule is CCc1cc(Cl)cc(C2=CC(C(C)(C)CC(C)(C)C)=CC(n3c4ccc(C(C)(C)C)cc4c4cc(C(C)(C)C)ccc43)C2(O)OCCCOc2c(CC)cc(Cl)cc2-c2cc(C(C)(C)CC(C)(C)C)cc(-n3c4ccc(C(C)(C)C)cc4c4cc(C(C)(C)C)ccc43)c2O)c1. The van der Waals surface area contributed by atoms with Gasteiger partial charge in [0.05, 0.1) is 29.9 Å². The van der Waals surface area contributed by atoms with E-state index in [9.17, 15) is 10.2 Å². The van der Waals surface area contributed by atoms with Gasteiger partial charge in [-0.2, -0.15) is 0 Å². The predicted molar refractivity (Wildman–Crippen MR) is 408 cm³/mol. The first kappa shape index (κ1) is 71.5. The van der Waals surface area contributed by atoms with Crippen LogP contribution in [0.4, 0.5) is 0 Å². The van der Waals surface area contributed by atoms with Crippen LogP contribution in [0.5, 0.6) is 11.5 Å². The van der Waals surface area contributed by atoms with Crippen LogP contribution in [-0.4, -0.2) is 38.3 Å². The molecule has 506 valence electrons. The Balaban J connectivity index is 1.12. The van der Waals surface area contributed by atoms with Crippen molar-refractivity contribution in [2.45, 2.75) is 237 Å². The van der Waals surface area contributed by atoms with Crippen LogP contribution in [0.15, 0.2) is 133 Å². The Bertz CT molecular complexity index is 4340. The molecule has 9 aromatic rings. The van der Waals surface area contributed by atoms with E-state index in [1.807, 2.05) is 24.3 Å². The summed E-state index contributed by atoms with van der Waals surface area (Å²) in [7, 11) is 0. The number of aliphatic hydroxyl groups is 1. The largest absolute Gasteiger partial charge is 0.505 e. The van der Waals surface area contributed by atoms with Crippen molar-refractivity contribution in [3.63, 3.8) is 0 Å². The molecule has 2 aromatic heterocycles. The molecule has 0 bridgehead atoms. The van der Waals surface area contributed by atoms with E-state index in [4.69, 9.17) is 32.7 Å². The molecule has 2 unspecified atom stereocenters. The standard InChI is InChI=1S/C87H110Cl2N2O4/c1-25-53-38-55(41-62(88)39-53)70-47-61(86(23,24)52-80(6,7)8)49-76(91-73-34-30-58(83(15,16)17)44-66(73)67-45-59(84(18,19)20)31-35-74(67)91)87(70,93)95-37-27-36-94-78-54(26-2)40-63(89)50-69(78)68-46-60(85(21,22)51-79(3,4)5)48-75(77(68)92)90-71-32-28-56(81(9,10)11)42-64(71)65-43-57(82(12,13)14)29-33-72(65)90/h28-35,38-50,76,92-93H,25-27,36-37,51-52H2,1-24H3. The molecule has 10 rings (SSSR count). The zero-order valence-corrected chi connectivity index (χ0v) is 63.5. The second-order valence-corrected chi connectivity index (χ2v) is 36.5. The molecule has 2 atom stereocenters. The van der Waals surface area contributed by atoms with E-state index in [1.54, 1.807) is 0 Å². The first-order valence-corrected chi connectivity index (χ1v) is 35.7. The summed E-state index contributed by atoms with van der Waals surface area (Å²) in [6, 6.07) is 41.2. The van der Waals surface area contributed by atoms with Crippen LogP contribution in [0.1, 0.15) is 236 Å². The summed E-state index contributed by atoms with van der Waals surface area (Å²) in [5, 5.41) is 33.6. The molecule has 6 nitrogen and oxygen atoms in total. The number of phenols is 1.